The molecule has 0 bridgehead atoms. The van der Waals surface area contributed by atoms with Crippen LogP contribution in [0.2, 0.25) is 0 Å². The van der Waals surface area contributed by atoms with Crippen molar-refractivity contribution >= 4 is 48.8 Å². The highest BCUT2D eigenvalue weighted by atomic mass is 79.9. The summed E-state index contributed by atoms with van der Waals surface area (Å²) in [5, 5.41) is 12.9. The Bertz CT molecular complexity index is 2500. The molecule has 0 amide bonds. The second-order valence-corrected chi connectivity index (χ2v) is 15.6. The zero-order chi connectivity index (χ0) is 34.1. The van der Waals surface area contributed by atoms with Crippen LogP contribution in [0.1, 0.15) is 51.3 Å². The second-order valence-electron chi connectivity index (χ2n) is 14.6. The van der Waals surface area contributed by atoms with Gasteiger partial charge in [-0.25, -0.2) is 9.97 Å². The maximum Gasteiger partial charge on any atom is 0.137 e. The molecule has 8 aromatic rings. The maximum absolute atomic E-state index is 10.7. The van der Waals surface area contributed by atoms with Gasteiger partial charge in [0.05, 0.1) is 28.4 Å². The Morgan fingerprint density at radius 2 is 1.43 bits per heavy atom. The molecule has 1 N–H and O–H groups in total. The number of rotatable bonds is 6. The van der Waals surface area contributed by atoms with E-state index in [9.17, 15) is 5.11 Å². The number of phenolic OH excluding ortho intramolecular Hbond substituents is 1. The maximum atomic E-state index is 10.7. The molecule has 4 aromatic carbocycles. The molecule has 0 radical (unpaired) electrons. The van der Waals surface area contributed by atoms with Gasteiger partial charge in [0.15, 0.2) is 0 Å². The number of nitrogens with zero attached hydrogens (tertiary/aromatic N) is 5. The lowest BCUT2D eigenvalue weighted by Crippen LogP contribution is -2.21. The first-order chi connectivity index (χ1) is 23.5. The van der Waals surface area contributed by atoms with Crippen molar-refractivity contribution in [3.63, 3.8) is 0 Å². The molecule has 49 heavy (non-hydrogen) atoms. The Balaban J connectivity index is 1.36. The minimum absolute atomic E-state index is 0.0461. The molecule has 0 aliphatic heterocycles. The van der Waals surface area contributed by atoms with Gasteiger partial charge in [-0.2, -0.15) is 0 Å². The molecule has 0 saturated carbocycles. The lowest BCUT2D eigenvalue weighted by atomic mass is 9.79. The molecular weight excluding hydrogens is 670 g/mol. The topological polar surface area (TPSA) is 60.8 Å². The molecule has 0 unspecified atom stereocenters. The number of pyridine rings is 1. The van der Waals surface area contributed by atoms with E-state index >= 15 is 0 Å². The van der Waals surface area contributed by atoms with E-state index < -0.39 is 0 Å². The summed E-state index contributed by atoms with van der Waals surface area (Å²) >= 11 is 3.76. The van der Waals surface area contributed by atoms with Gasteiger partial charge in [0.2, 0.25) is 0 Å². The Labute approximate surface area is 294 Å². The van der Waals surface area contributed by atoms with Crippen molar-refractivity contribution < 1.29 is 5.11 Å². The van der Waals surface area contributed by atoms with Crippen molar-refractivity contribution in [2.45, 2.75) is 51.9 Å². The van der Waals surface area contributed by atoms with Gasteiger partial charge >= 0.3 is 0 Å². The minimum atomic E-state index is -0.160. The molecule has 4 heterocycles. The van der Waals surface area contributed by atoms with Crippen LogP contribution in [0, 0.1) is 0 Å². The van der Waals surface area contributed by atoms with E-state index in [-0.39, 0.29) is 16.6 Å². The van der Waals surface area contributed by atoms with Crippen LogP contribution in [0.4, 0.5) is 0 Å². The van der Waals surface area contributed by atoms with Crippen LogP contribution in [-0.2, 0) is 17.3 Å². The van der Waals surface area contributed by atoms with E-state index in [4.69, 9.17) is 4.98 Å². The largest absolute Gasteiger partial charge is 0.508 e. The Hall–Kier alpha value is -5.14. The molecular formula is C42H38BrN5O. The summed E-state index contributed by atoms with van der Waals surface area (Å²) in [5.41, 5.74) is 9.87. The number of imidazole rings is 1. The highest BCUT2D eigenvalue weighted by Gasteiger charge is 2.26. The van der Waals surface area contributed by atoms with E-state index in [0.717, 1.165) is 60.9 Å². The predicted molar refractivity (Wildman–Crippen MR) is 204 cm³/mol. The van der Waals surface area contributed by atoms with Gasteiger partial charge in [0.1, 0.15) is 11.6 Å². The lowest BCUT2D eigenvalue weighted by Gasteiger charge is -2.27. The molecule has 0 aliphatic carbocycles. The number of aromatic hydroxyl groups is 1. The molecule has 4 aromatic heterocycles. The van der Waals surface area contributed by atoms with Crippen molar-refractivity contribution in [1.29, 1.82) is 0 Å². The van der Waals surface area contributed by atoms with Gasteiger partial charge in [-0.05, 0) is 94.6 Å². The number of hydrogen-bond acceptors (Lipinski definition) is 3. The summed E-state index contributed by atoms with van der Waals surface area (Å²) < 4.78 is 7.69. The van der Waals surface area contributed by atoms with Crippen LogP contribution in [0.5, 0.6) is 5.75 Å². The molecule has 8 rings (SSSR count). The van der Waals surface area contributed by atoms with E-state index in [2.05, 4.69) is 144 Å². The molecule has 0 saturated heterocycles. The summed E-state index contributed by atoms with van der Waals surface area (Å²) in [6, 6.07) is 34.0. The zero-order valence-corrected chi connectivity index (χ0v) is 29.9. The quantitative estimate of drug-likeness (QED) is 0.187. The summed E-state index contributed by atoms with van der Waals surface area (Å²) in [4.78, 5) is 9.16. The molecule has 0 fully saturated rings. The highest BCUT2D eigenvalue weighted by Crippen LogP contribution is 2.42. The molecule has 7 heteroatoms. The second kappa shape index (κ2) is 11.5. The summed E-state index contributed by atoms with van der Waals surface area (Å²) in [5.74, 6) is 1.06. The fourth-order valence-electron chi connectivity index (χ4n) is 7.16. The van der Waals surface area contributed by atoms with E-state index in [0.29, 0.717) is 0 Å². The third kappa shape index (κ3) is 5.42. The third-order valence-electron chi connectivity index (χ3n) is 9.67. The van der Waals surface area contributed by atoms with Crippen LogP contribution >= 0.6 is 15.9 Å². The van der Waals surface area contributed by atoms with Crippen LogP contribution in [-0.4, -0.2) is 28.8 Å². The van der Waals surface area contributed by atoms with E-state index in [1.807, 2.05) is 35.4 Å². The van der Waals surface area contributed by atoms with Gasteiger partial charge < -0.3 is 14.2 Å². The SMILES string of the molecule is CC(C)(C)c1ccnc(-n2c3cc(O)ccc3c3c2c2ccc(CC(C)(C)c4cc(Br)cc(-n5ccnc5)c4)cc2n3-c2ccccc2)c1. The molecule has 0 atom stereocenters. The summed E-state index contributed by atoms with van der Waals surface area (Å²) in [6.07, 6.45) is 8.35. The van der Waals surface area contributed by atoms with Gasteiger partial charge in [-0.15, -0.1) is 0 Å². The van der Waals surface area contributed by atoms with Crippen LogP contribution in [0.25, 0.3) is 50.0 Å². The predicted octanol–water partition coefficient (Wildman–Crippen LogP) is 10.6. The monoisotopic (exact) mass is 707 g/mol. The number of fused-ring (bicyclic) bond motifs is 5. The lowest BCUT2D eigenvalue weighted by molar-refractivity contribution is 0.476. The number of phenols is 1. The Kier molecular flexibility index (Phi) is 7.30. The fourth-order valence-corrected chi connectivity index (χ4v) is 7.64. The molecule has 244 valence electrons. The van der Waals surface area contributed by atoms with Gasteiger partial charge in [0, 0.05) is 51.3 Å². The van der Waals surface area contributed by atoms with E-state index in [1.54, 1.807) is 12.3 Å². The first-order valence-corrected chi connectivity index (χ1v) is 17.4. The van der Waals surface area contributed by atoms with E-state index in [1.165, 1.54) is 16.7 Å². The summed E-state index contributed by atoms with van der Waals surface area (Å²) in [6.45, 7) is 11.3. The van der Waals surface area contributed by atoms with Crippen molar-refractivity contribution in [2.75, 3.05) is 0 Å². The Morgan fingerprint density at radius 1 is 0.694 bits per heavy atom. The van der Waals surface area contributed by atoms with Gasteiger partial charge in [0.25, 0.3) is 0 Å². The minimum Gasteiger partial charge on any atom is -0.508 e. The fraction of sp³-hybridized carbons (Fsp3) is 0.190. The number of para-hydroxylation sites is 1. The smallest absolute Gasteiger partial charge is 0.137 e. The average molecular weight is 709 g/mol. The Morgan fingerprint density at radius 3 is 2.16 bits per heavy atom. The standard InChI is InChI=1S/C42H38BrN5O/c1-41(2,3)28-15-16-45-38(22-28)48-37-24-33(49)12-14-35(37)39-40(48)34-13-11-27(19-36(34)47(39)31-9-7-6-8-10-31)25-42(4,5)29-20-30(43)23-32(21-29)46-18-17-44-26-46/h6-24,26,49H,25H2,1-5H3. The van der Waals surface area contributed by atoms with Crippen LogP contribution < -0.4 is 0 Å². The van der Waals surface area contributed by atoms with Gasteiger partial charge in [-0.1, -0.05) is 80.9 Å². The van der Waals surface area contributed by atoms with Crippen molar-refractivity contribution in [1.82, 2.24) is 23.7 Å². The zero-order valence-electron chi connectivity index (χ0n) is 28.3. The van der Waals surface area contributed by atoms with Crippen molar-refractivity contribution in [2.24, 2.45) is 0 Å². The number of aromatic nitrogens is 5. The van der Waals surface area contributed by atoms with Crippen molar-refractivity contribution in [3.05, 3.63) is 143 Å². The first kappa shape index (κ1) is 31.1. The van der Waals surface area contributed by atoms with Crippen LogP contribution in [0.3, 0.4) is 0 Å². The molecule has 0 spiro atoms. The molecule has 0 aliphatic rings. The molecule has 6 nitrogen and oxygen atoms in total. The number of benzene rings is 4. The summed E-state index contributed by atoms with van der Waals surface area (Å²) in [7, 11) is 0. The number of hydrogen-bond donors (Lipinski definition) is 1. The average Bonchev–Trinajstić information content (AvgIpc) is 3.79. The van der Waals surface area contributed by atoms with Crippen molar-refractivity contribution in [3.8, 4) is 22.9 Å². The third-order valence-corrected chi connectivity index (χ3v) is 10.1. The highest BCUT2D eigenvalue weighted by molar-refractivity contribution is 9.10. The first-order valence-electron chi connectivity index (χ1n) is 16.6. The number of halogens is 1. The van der Waals surface area contributed by atoms with Gasteiger partial charge in [-0.3, -0.25) is 4.57 Å². The van der Waals surface area contributed by atoms with Crippen LogP contribution in [0.15, 0.2) is 126 Å². The normalized spacial score (nSPS) is 12.4.